The molecule has 0 bridgehead atoms. The average molecular weight is 248 g/mol. The molecule has 4 heteroatoms. The molecule has 1 aromatic carbocycles. The van der Waals surface area contributed by atoms with Crippen LogP contribution in [0.25, 0.3) is 0 Å². The first-order chi connectivity index (χ1) is 6.20. The molecule has 1 aliphatic heterocycles. The first-order valence-electron chi connectivity index (χ1n) is 4.04. The summed E-state index contributed by atoms with van der Waals surface area (Å²) in [5.74, 6) is -0.631. The highest BCUT2D eigenvalue weighted by molar-refractivity contribution is 9.10. The summed E-state index contributed by atoms with van der Waals surface area (Å²) in [6.07, 6.45) is 0. The minimum Gasteiger partial charge on any atom is -0.315 e. The van der Waals surface area contributed by atoms with Crippen LogP contribution in [0.15, 0.2) is 16.6 Å². The van der Waals surface area contributed by atoms with Gasteiger partial charge < -0.3 is 5.32 Å². The standard InChI is InChI=1S/C9H8BrF2N/c10-9-7(12)2-1-6(11)8(9)5-3-13-4-5/h1-2,5,13H,3-4H2. The highest BCUT2D eigenvalue weighted by Gasteiger charge is 2.25. The van der Waals surface area contributed by atoms with Gasteiger partial charge in [-0.3, -0.25) is 0 Å². The van der Waals surface area contributed by atoms with Crippen molar-refractivity contribution in [1.29, 1.82) is 0 Å². The van der Waals surface area contributed by atoms with Crippen LogP contribution >= 0.6 is 15.9 Å². The van der Waals surface area contributed by atoms with Crippen LogP contribution in [0.4, 0.5) is 8.78 Å². The fourth-order valence-corrected chi connectivity index (χ4v) is 2.06. The molecule has 0 spiro atoms. The summed E-state index contributed by atoms with van der Waals surface area (Å²) in [4.78, 5) is 0. The van der Waals surface area contributed by atoms with Crippen LogP contribution in [0.5, 0.6) is 0 Å². The highest BCUT2D eigenvalue weighted by atomic mass is 79.9. The molecule has 1 nitrogen and oxygen atoms in total. The Morgan fingerprint density at radius 2 is 1.85 bits per heavy atom. The van der Waals surface area contributed by atoms with Crippen molar-refractivity contribution in [3.8, 4) is 0 Å². The molecule has 0 amide bonds. The largest absolute Gasteiger partial charge is 0.315 e. The maximum Gasteiger partial charge on any atom is 0.137 e. The van der Waals surface area contributed by atoms with Crippen molar-refractivity contribution in [3.63, 3.8) is 0 Å². The van der Waals surface area contributed by atoms with Gasteiger partial charge >= 0.3 is 0 Å². The number of rotatable bonds is 1. The van der Waals surface area contributed by atoms with Crippen molar-refractivity contribution in [2.45, 2.75) is 5.92 Å². The van der Waals surface area contributed by atoms with E-state index in [2.05, 4.69) is 21.2 Å². The van der Waals surface area contributed by atoms with Crippen LogP contribution in [0.1, 0.15) is 11.5 Å². The normalized spacial score (nSPS) is 17.2. The molecule has 2 rings (SSSR count). The van der Waals surface area contributed by atoms with Crippen LogP contribution in [-0.2, 0) is 0 Å². The second kappa shape index (κ2) is 3.35. The third-order valence-corrected chi connectivity index (χ3v) is 3.08. The zero-order valence-electron chi connectivity index (χ0n) is 6.78. The highest BCUT2D eigenvalue weighted by Crippen LogP contribution is 2.31. The molecular weight excluding hydrogens is 240 g/mol. The Hall–Kier alpha value is -0.480. The Kier molecular flexibility index (Phi) is 2.34. The van der Waals surface area contributed by atoms with Gasteiger partial charge in [-0.1, -0.05) is 0 Å². The van der Waals surface area contributed by atoms with Gasteiger partial charge in [0.1, 0.15) is 11.6 Å². The molecule has 1 aromatic rings. The maximum atomic E-state index is 13.3. The average Bonchev–Trinajstić information content (AvgIpc) is 2.02. The monoisotopic (exact) mass is 247 g/mol. The van der Waals surface area contributed by atoms with Crippen molar-refractivity contribution >= 4 is 15.9 Å². The van der Waals surface area contributed by atoms with E-state index in [9.17, 15) is 8.78 Å². The van der Waals surface area contributed by atoms with Gasteiger partial charge in [0.15, 0.2) is 0 Å². The van der Waals surface area contributed by atoms with Crippen molar-refractivity contribution < 1.29 is 8.78 Å². The van der Waals surface area contributed by atoms with Crippen molar-refractivity contribution in [2.24, 2.45) is 0 Å². The summed E-state index contributed by atoms with van der Waals surface area (Å²) in [5, 5.41) is 3.02. The van der Waals surface area contributed by atoms with Gasteiger partial charge in [0.2, 0.25) is 0 Å². The molecular formula is C9H8BrF2N. The van der Waals surface area contributed by atoms with Crippen LogP contribution in [-0.4, -0.2) is 13.1 Å². The van der Waals surface area contributed by atoms with Gasteiger partial charge in [-0.05, 0) is 28.1 Å². The lowest BCUT2D eigenvalue weighted by Crippen LogP contribution is -2.40. The van der Waals surface area contributed by atoms with E-state index < -0.39 is 5.82 Å². The third kappa shape index (κ3) is 1.48. The molecule has 13 heavy (non-hydrogen) atoms. The Balaban J connectivity index is 2.46. The summed E-state index contributed by atoms with van der Waals surface area (Å²) in [7, 11) is 0. The summed E-state index contributed by atoms with van der Waals surface area (Å²) < 4.78 is 26.6. The van der Waals surface area contributed by atoms with Crippen molar-refractivity contribution in [2.75, 3.05) is 13.1 Å². The molecule has 0 aromatic heterocycles. The lowest BCUT2D eigenvalue weighted by atomic mass is 9.93. The number of halogens is 3. The lowest BCUT2D eigenvalue weighted by molar-refractivity contribution is 0.426. The first-order valence-corrected chi connectivity index (χ1v) is 4.83. The van der Waals surface area contributed by atoms with Crippen LogP contribution < -0.4 is 5.32 Å². The van der Waals surface area contributed by atoms with E-state index in [4.69, 9.17) is 0 Å². The van der Waals surface area contributed by atoms with E-state index in [0.29, 0.717) is 5.56 Å². The van der Waals surface area contributed by atoms with Gasteiger partial charge in [0.25, 0.3) is 0 Å². The molecule has 1 fully saturated rings. The Labute approximate surface area is 83.3 Å². The van der Waals surface area contributed by atoms with Gasteiger partial charge in [-0.2, -0.15) is 0 Å². The number of hydrogen-bond donors (Lipinski definition) is 1. The van der Waals surface area contributed by atoms with E-state index in [1.807, 2.05) is 0 Å². The predicted molar refractivity (Wildman–Crippen MR) is 49.7 cm³/mol. The summed E-state index contributed by atoms with van der Waals surface area (Å²) in [5.41, 5.74) is 0.457. The van der Waals surface area contributed by atoms with E-state index in [1.165, 1.54) is 6.07 Å². The smallest absolute Gasteiger partial charge is 0.137 e. The Morgan fingerprint density at radius 3 is 2.38 bits per heavy atom. The molecule has 0 saturated carbocycles. The van der Waals surface area contributed by atoms with Gasteiger partial charge in [-0.25, -0.2) is 8.78 Å². The number of benzene rings is 1. The topological polar surface area (TPSA) is 12.0 Å². The van der Waals surface area contributed by atoms with E-state index >= 15 is 0 Å². The van der Waals surface area contributed by atoms with Gasteiger partial charge in [-0.15, -0.1) is 0 Å². The molecule has 1 aliphatic rings. The molecule has 0 atom stereocenters. The number of nitrogens with one attached hydrogen (secondary N) is 1. The van der Waals surface area contributed by atoms with Crippen LogP contribution in [0, 0.1) is 11.6 Å². The summed E-state index contributed by atoms with van der Waals surface area (Å²) >= 11 is 3.06. The quantitative estimate of drug-likeness (QED) is 0.752. The zero-order valence-corrected chi connectivity index (χ0v) is 8.37. The first kappa shape index (κ1) is 9.09. The van der Waals surface area contributed by atoms with Gasteiger partial charge in [0, 0.05) is 24.6 Å². The minimum atomic E-state index is -0.400. The Bertz CT molecular complexity index is 337. The second-order valence-electron chi connectivity index (χ2n) is 3.11. The minimum absolute atomic E-state index is 0.102. The van der Waals surface area contributed by atoms with E-state index in [-0.39, 0.29) is 16.2 Å². The predicted octanol–water partition coefficient (Wildman–Crippen LogP) is 2.41. The molecule has 70 valence electrons. The fraction of sp³-hybridized carbons (Fsp3) is 0.333. The van der Waals surface area contributed by atoms with E-state index in [0.717, 1.165) is 19.2 Å². The van der Waals surface area contributed by atoms with Crippen LogP contribution in [0.2, 0.25) is 0 Å². The fourth-order valence-electron chi connectivity index (χ4n) is 1.41. The second-order valence-corrected chi connectivity index (χ2v) is 3.91. The molecule has 1 N–H and O–H groups in total. The number of hydrogen-bond acceptors (Lipinski definition) is 1. The summed E-state index contributed by atoms with van der Waals surface area (Å²) in [6.45, 7) is 1.44. The summed E-state index contributed by atoms with van der Waals surface area (Å²) in [6, 6.07) is 2.31. The Morgan fingerprint density at radius 1 is 1.23 bits per heavy atom. The molecule has 1 heterocycles. The molecule has 0 unspecified atom stereocenters. The maximum absolute atomic E-state index is 13.3. The van der Waals surface area contributed by atoms with Gasteiger partial charge in [0.05, 0.1) is 4.47 Å². The zero-order chi connectivity index (χ0) is 9.42. The van der Waals surface area contributed by atoms with Crippen molar-refractivity contribution in [1.82, 2.24) is 5.32 Å². The third-order valence-electron chi connectivity index (χ3n) is 2.27. The molecule has 0 aliphatic carbocycles. The molecule has 0 radical (unpaired) electrons. The van der Waals surface area contributed by atoms with Crippen molar-refractivity contribution in [3.05, 3.63) is 33.8 Å². The SMILES string of the molecule is Fc1ccc(F)c(C2CNC2)c1Br. The van der Waals surface area contributed by atoms with E-state index in [1.54, 1.807) is 0 Å². The lowest BCUT2D eigenvalue weighted by Gasteiger charge is -2.28. The molecule has 1 saturated heterocycles. The van der Waals surface area contributed by atoms with Crippen LogP contribution in [0.3, 0.4) is 0 Å².